The Bertz CT molecular complexity index is 350. The maximum atomic E-state index is 12.6. The number of aryl methyl sites for hydroxylation is 1. The largest absolute Gasteiger partial charge is 0.330 e. The average Bonchev–Trinajstić information content (AvgIpc) is 2.09. The van der Waals surface area contributed by atoms with Crippen LogP contribution < -0.4 is 5.73 Å². The highest BCUT2D eigenvalue weighted by Crippen LogP contribution is 2.03. The van der Waals surface area contributed by atoms with Gasteiger partial charge in [0.1, 0.15) is 0 Å². The fourth-order valence-electron chi connectivity index (χ4n) is 0.892. The van der Waals surface area contributed by atoms with Crippen LogP contribution in [-0.4, -0.2) is 11.5 Å². The summed E-state index contributed by atoms with van der Waals surface area (Å²) in [6.07, 6.45) is 0.650. The second-order valence-corrected chi connectivity index (χ2v) is 2.61. The minimum Gasteiger partial charge on any atom is -0.330 e. The van der Waals surface area contributed by atoms with Crippen LogP contribution in [0.1, 0.15) is 17.7 Å². The smallest absolute Gasteiger partial charge is 0.213 e. The molecule has 2 N–H and O–H groups in total. The number of hydrogen-bond acceptors (Lipinski definition) is 2. The Hall–Kier alpha value is -1.40. The summed E-state index contributed by atoms with van der Waals surface area (Å²) in [5, 5.41) is 0. The lowest BCUT2D eigenvalue weighted by atomic mass is 10.2. The Kier molecular flexibility index (Phi) is 3.41. The molecule has 0 saturated carbocycles. The molecule has 0 aliphatic rings. The van der Waals surface area contributed by atoms with Crippen molar-refractivity contribution in [2.45, 2.75) is 13.3 Å². The molecule has 1 rings (SSSR count). The van der Waals surface area contributed by atoms with E-state index in [1.54, 1.807) is 13.0 Å². The molecule has 0 unspecified atom stereocenters. The van der Waals surface area contributed by atoms with Crippen LogP contribution in [0.4, 0.5) is 4.39 Å². The Morgan fingerprint density at radius 1 is 1.54 bits per heavy atom. The maximum Gasteiger partial charge on any atom is 0.213 e. The number of halogens is 1. The van der Waals surface area contributed by atoms with E-state index >= 15 is 0 Å². The number of hydrogen-bond donors (Lipinski definition) is 1. The number of pyridine rings is 1. The lowest BCUT2D eigenvalue weighted by molar-refractivity contribution is 0.579. The molecule has 0 fully saturated rings. The van der Waals surface area contributed by atoms with Gasteiger partial charge in [-0.25, -0.2) is 4.98 Å². The van der Waals surface area contributed by atoms with Gasteiger partial charge in [-0.2, -0.15) is 4.39 Å². The molecule has 0 saturated heterocycles. The molecule has 0 atom stereocenters. The van der Waals surface area contributed by atoms with Gasteiger partial charge in [0.05, 0.1) is 5.69 Å². The van der Waals surface area contributed by atoms with Crippen LogP contribution >= 0.6 is 0 Å². The summed E-state index contributed by atoms with van der Waals surface area (Å²) in [5.74, 6) is 5.29. The SMILES string of the molecule is Cc1nc(F)ccc1C#CCCN. The third-order valence-corrected chi connectivity index (χ3v) is 1.54. The van der Waals surface area contributed by atoms with Gasteiger partial charge in [-0.1, -0.05) is 11.8 Å². The van der Waals surface area contributed by atoms with Crippen molar-refractivity contribution in [3.63, 3.8) is 0 Å². The average molecular weight is 178 g/mol. The summed E-state index contributed by atoms with van der Waals surface area (Å²) < 4.78 is 12.6. The molecule has 0 aliphatic carbocycles. The Morgan fingerprint density at radius 2 is 2.31 bits per heavy atom. The third-order valence-electron chi connectivity index (χ3n) is 1.54. The highest BCUT2D eigenvalue weighted by Gasteiger charge is 1.96. The van der Waals surface area contributed by atoms with Gasteiger partial charge in [0.25, 0.3) is 0 Å². The van der Waals surface area contributed by atoms with E-state index in [9.17, 15) is 4.39 Å². The molecule has 0 bridgehead atoms. The number of nitrogens with zero attached hydrogens (tertiary/aromatic N) is 1. The van der Waals surface area contributed by atoms with Crippen molar-refractivity contribution >= 4 is 0 Å². The summed E-state index contributed by atoms with van der Waals surface area (Å²) in [4.78, 5) is 3.65. The van der Waals surface area contributed by atoms with E-state index in [4.69, 9.17) is 5.73 Å². The zero-order valence-electron chi connectivity index (χ0n) is 7.47. The van der Waals surface area contributed by atoms with Crippen LogP contribution in [0.15, 0.2) is 12.1 Å². The molecule has 0 amide bonds. The zero-order valence-corrected chi connectivity index (χ0v) is 7.47. The first-order valence-electron chi connectivity index (χ1n) is 4.06. The first-order valence-corrected chi connectivity index (χ1v) is 4.06. The normalized spacial score (nSPS) is 9.15. The van der Waals surface area contributed by atoms with E-state index in [1.807, 2.05) is 0 Å². The predicted octanol–water partition coefficient (Wildman–Crippen LogP) is 1.23. The monoisotopic (exact) mass is 178 g/mol. The molecule has 13 heavy (non-hydrogen) atoms. The number of rotatable bonds is 1. The van der Waals surface area contributed by atoms with Crippen LogP contribution in [0.3, 0.4) is 0 Å². The Morgan fingerprint density at radius 3 is 2.92 bits per heavy atom. The van der Waals surface area contributed by atoms with Gasteiger partial charge >= 0.3 is 0 Å². The predicted molar refractivity (Wildman–Crippen MR) is 49.5 cm³/mol. The lowest BCUT2D eigenvalue weighted by Crippen LogP contribution is -1.96. The van der Waals surface area contributed by atoms with Gasteiger partial charge in [-0.3, -0.25) is 0 Å². The van der Waals surface area contributed by atoms with Crippen molar-refractivity contribution in [3.05, 3.63) is 29.3 Å². The fourth-order valence-corrected chi connectivity index (χ4v) is 0.892. The number of aromatic nitrogens is 1. The molecule has 3 heteroatoms. The highest BCUT2D eigenvalue weighted by atomic mass is 19.1. The first kappa shape index (κ1) is 9.69. The molecule has 68 valence electrons. The van der Waals surface area contributed by atoms with E-state index in [2.05, 4.69) is 16.8 Å². The van der Waals surface area contributed by atoms with Crippen LogP contribution in [-0.2, 0) is 0 Å². The van der Waals surface area contributed by atoms with Crippen molar-refractivity contribution in [1.29, 1.82) is 0 Å². The minimum absolute atomic E-state index is 0.470. The Labute approximate surface area is 77.0 Å². The molecular formula is C10H11FN2. The standard InChI is InChI=1S/C10H11FN2/c1-8-9(4-2-3-7-12)5-6-10(11)13-8/h5-6H,3,7,12H2,1H3. The molecule has 1 aromatic rings. The summed E-state index contributed by atoms with van der Waals surface area (Å²) in [7, 11) is 0. The van der Waals surface area contributed by atoms with Crippen molar-refractivity contribution in [1.82, 2.24) is 4.98 Å². The van der Waals surface area contributed by atoms with Crippen molar-refractivity contribution in [3.8, 4) is 11.8 Å². The molecule has 2 nitrogen and oxygen atoms in total. The summed E-state index contributed by atoms with van der Waals surface area (Å²) >= 11 is 0. The molecule has 0 radical (unpaired) electrons. The number of nitrogens with two attached hydrogens (primary N) is 1. The van der Waals surface area contributed by atoms with E-state index in [0.29, 0.717) is 18.7 Å². The minimum atomic E-state index is -0.470. The molecule has 1 heterocycles. The lowest BCUT2D eigenvalue weighted by Gasteiger charge is -1.95. The van der Waals surface area contributed by atoms with Crippen LogP contribution in [0.25, 0.3) is 0 Å². The van der Waals surface area contributed by atoms with Gasteiger partial charge in [0.15, 0.2) is 0 Å². The Balaban J connectivity index is 2.85. The molecule has 0 aromatic carbocycles. The molecule has 0 spiro atoms. The van der Waals surface area contributed by atoms with Crippen molar-refractivity contribution in [2.24, 2.45) is 5.73 Å². The quantitative estimate of drug-likeness (QED) is 0.519. The molecule has 1 aromatic heterocycles. The summed E-state index contributed by atoms with van der Waals surface area (Å²) in [5.41, 5.74) is 6.65. The van der Waals surface area contributed by atoms with Gasteiger partial charge in [-0.05, 0) is 19.1 Å². The van der Waals surface area contributed by atoms with Crippen molar-refractivity contribution in [2.75, 3.05) is 6.54 Å². The maximum absolute atomic E-state index is 12.6. The van der Waals surface area contributed by atoms with Gasteiger partial charge < -0.3 is 5.73 Å². The van der Waals surface area contributed by atoms with E-state index in [0.717, 1.165) is 5.56 Å². The summed E-state index contributed by atoms with van der Waals surface area (Å²) in [6.45, 7) is 2.27. The van der Waals surface area contributed by atoms with E-state index < -0.39 is 5.95 Å². The summed E-state index contributed by atoms with van der Waals surface area (Å²) in [6, 6.07) is 2.93. The van der Waals surface area contributed by atoms with E-state index in [1.165, 1.54) is 6.07 Å². The second kappa shape index (κ2) is 4.58. The fraction of sp³-hybridized carbons (Fsp3) is 0.300. The molecular weight excluding hydrogens is 167 g/mol. The topological polar surface area (TPSA) is 38.9 Å². The van der Waals surface area contributed by atoms with Gasteiger partial charge in [-0.15, -0.1) is 0 Å². The third kappa shape index (κ3) is 2.85. The highest BCUT2D eigenvalue weighted by molar-refractivity contribution is 5.36. The van der Waals surface area contributed by atoms with Crippen LogP contribution in [0, 0.1) is 24.7 Å². The van der Waals surface area contributed by atoms with Gasteiger partial charge in [0.2, 0.25) is 5.95 Å². The zero-order chi connectivity index (χ0) is 9.68. The second-order valence-electron chi connectivity index (χ2n) is 2.61. The van der Waals surface area contributed by atoms with Crippen molar-refractivity contribution < 1.29 is 4.39 Å². The first-order chi connectivity index (χ1) is 6.24. The molecule has 0 aliphatic heterocycles. The van der Waals surface area contributed by atoms with E-state index in [-0.39, 0.29) is 0 Å². The van der Waals surface area contributed by atoms with Crippen LogP contribution in [0.5, 0.6) is 0 Å². The van der Waals surface area contributed by atoms with Gasteiger partial charge in [0, 0.05) is 18.5 Å². The van der Waals surface area contributed by atoms with Crippen LogP contribution in [0.2, 0.25) is 0 Å².